The van der Waals surface area contributed by atoms with E-state index < -0.39 is 11.5 Å². The number of carbonyl (C=O) groups is 2. The number of aromatic nitrogens is 2. The van der Waals surface area contributed by atoms with Crippen molar-refractivity contribution >= 4 is 39.6 Å². The van der Waals surface area contributed by atoms with Crippen LogP contribution >= 0.6 is 22.9 Å². The third-order valence-electron chi connectivity index (χ3n) is 3.22. The lowest BCUT2D eigenvalue weighted by atomic mass is 9.98. The maximum absolute atomic E-state index is 12.4. The molecule has 124 valence electrons. The average molecular weight is 364 g/mol. The van der Waals surface area contributed by atoms with E-state index in [1.807, 2.05) is 6.07 Å². The third kappa shape index (κ3) is 3.63. The van der Waals surface area contributed by atoms with Crippen LogP contribution in [0.1, 0.15) is 20.3 Å². The topological polar surface area (TPSA) is 81.2 Å². The minimum atomic E-state index is -0.711. The second-order valence-corrected chi connectivity index (χ2v) is 7.21. The molecule has 1 aliphatic heterocycles. The van der Waals surface area contributed by atoms with Crippen molar-refractivity contribution in [3.05, 3.63) is 41.5 Å². The third-order valence-corrected chi connectivity index (χ3v) is 4.63. The first-order valence-corrected chi connectivity index (χ1v) is 8.35. The number of ether oxygens (including phenoxy) is 1. The van der Waals surface area contributed by atoms with Crippen LogP contribution in [0, 0.1) is 0 Å². The Morgan fingerprint density at radius 3 is 2.92 bits per heavy atom. The van der Waals surface area contributed by atoms with Gasteiger partial charge in [-0.05, 0) is 26.0 Å². The molecule has 0 radical (unpaired) electrons. The molecule has 0 unspecified atom stereocenters. The van der Waals surface area contributed by atoms with Crippen molar-refractivity contribution < 1.29 is 14.3 Å². The maximum atomic E-state index is 12.4. The average Bonchev–Trinajstić information content (AvgIpc) is 2.87. The van der Waals surface area contributed by atoms with Crippen LogP contribution in [-0.4, -0.2) is 27.3 Å². The minimum absolute atomic E-state index is 0.0244. The quantitative estimate of drug-likeness (QED) is 0.903. The number of nitrogens with zero attached hydrogens (tertiary/aromatic N) is 2. The predicted molar refractivity (Wildman–Crippen MR) is 91.9 cm³/mol. The first-order chi connectivity index (χ1) is 11.3. The van der Waals surface area contributed by atoms with E-state index >= 15 is 0 Å². The summed E-state index contributed by atoms with van der Waals surface area (Å²) in [5.41, 5.74) is 0.0889. The van der Waals surface area contributed by atoms with E-state index in [-0.39, 0.29) is 23.1 Å². The van der Waals surface area contributed by atoms with Crippen molar-refractivity contribution in [2.45, 2.75) is 25.9 Å². The van der Waals surface area contributed by atoms with Gasteiger partial charge in [0.25, 0.3) is 5.91 Å². The number of thiazole rings is 1. The number of amides is 1. The molecular weight excluding hydrogens is 350 g/mol. The number of pyridine rings is 1. The highest BCUT2D eigenvalue weighted by Crippen LogP contribution is 2.35. The van der Waals surface area contributed by atoms with E-state index in [4.69, 9.17) is 16.3 Å². The Morgan fingerprint density at radius 1 is 1.46 bits per heavy atom. The first-order valence-electron chi connectivity index (χ1n) is 7.16. The molecule has 1 amide bonds. The lowest BCUT2D eigenvalue weighted by Gasteiger charge is -2.29. The Balaban J connectivity index is 1.80. The lowest BCUT2D eigenvalue weighted by Crippen LogP contribution is -2.34. The molecule has 8 heteroatoms. The van der Waals surface area contributed by atoms with Crippen LogP contribution in [0.4, 0.5) is 5.00 Å². The molecule has 24 heavy (non-hydrogen) atoms. The van der Waals surface area contributed by atoms with Crippen molar-refractivity contribution in [2.75, 3.05) is 5.32 Å². The largest absolute Gasteiger partial charge is 0.481 e. The van der Waals surface area contributed by atoms with Crippen LogP contribution in [0.5, 0.6) is 0 Å². The lowest BCUT2D eigenvalue weighted by molar-refractivity contribution is -0.128. The maximum Gasteiger partial charge on any atom is 0.291 e. The van der Waals surface area contributed by atoms with Crippen LogP contribution in [-0.2, 0) is 14.3 Å². The summed E-state index contributed by atoms with van der Waals surface area (Å²) < 4.78 is 5.57. The standard InChI is InChI=1S/C16H14ClN3O3S/c1-16(2)7-10(21)6-11(23-16)13(22)20-15-12(17)19-14(24-15)9-4-3-5-18-8-9/h3-6,8H,7H2,1-2H3,(H,20,22). The van der Waals surface area contributed by atoms with Crippen LogP contribution in [0.25, 0.3) is 10.6 Å². The van der Waals surface area contributed by atoms with Crippen molar-refractivity contribution in [3.8, 4) is 10.6 Å². The highest BCUT2D eigenvalue weighted by molar-refractivity contribution is 7.19. The molecule has 0 saturated heterocycles. The van der Waals surface area contributed by atoms with Crippen LogP contribution in [0.15, 0.2) is 36.4 Å². The number of allylic oxidation sites excluding steroid dienone is 1. The van der Waals surface area contributed by atoms with E-state index in [0.717, 1.165) is 5.56 Å². The van der Waals surface area contributed by atoms with E-state index in [1.54, 1.807) is 32.3 Å². The zero-order chi connectivity index (χ0) is 17.3. The van der Waals surface area contributed by atoms with E-state index in [0.29, 0.717) is 10.0 Å². The van der Waals surface area contributed by atoms with Crippen LogP contribution in [0.3, 0.4) is 0 Å². The van der Waals surface area contributed by atoms with E-state index in [2.05, 4.69) is 15.3 Å². The monoisotopic (exact) mass is 363 g/mol. The molecule has 0 bridgehead atoms. The summed E-state index contributed by atoms with van der Waals surface area (Å²) in [4.78, 5) is 32.3. The second kappa shape index (κ2) is 6.33. The van der Waals surface area contributed by atoms with Crippen molar-refractivity contribution in [1.29, 1.82) is 0 Å². The molecule has 0 aromatic carbocycles. The molecule has 6 nitrogen and oxygen atoms in total. The van der Waals surface area contributed by atoms with Gasteiger partial charge in [-0.3, -0.25) is 14.6 Å². The van der Waals surface area contributed by atoms with Crippen molar-refractivity contribution in [1.82, 2.24) is 9.97 Å². The summed E-state index contributed by atoms with van der Waals surface area (Å²) in [5, 5.41) is 3.85. The summed E-state index contributed by atoms with van der Waals surface area (Å²) in [6, 6.07) is 3.64. The summed E-state index contributed by atoms with van der Waals surface area (Å²) in [7, 11) is 0. The number of rotatable bonds is 3. The van der Waals surface area contributed by atoms with E-state index in [1.165, 1.54) is 17.4 Å². The van der Waals surface area contributed by atoms with Gasteiger partial charge in [-0.1, -0.05) is 22.9 Å². The molecule has 0 atom stereocenters. The number of halogens is 1. The Morgan fingerprint density at radius 2 is 2.25 bits per heavy atom. The fourth-order valence-electron chi connectivity index (χ4n) is 2.25. The first kappa shape index (κ1) is 16.6. The predicted octanol–water partition coefficient (Wildman–Crippen LogP) is 3.45. The van der Waals surface area contributed by atoms with Crippen molar-refractivity contribution in [2.24, 2.45) is 0 Å². The fraction of sp³-hybridized carbons (Fsp3) is 0.250. The smallest absolute Gasteiger partial charge is 0.291 e. The van der Waals surface area contributed by atoms with Crippen LogP contribution < -0.4 is 5.32 Å². The molecule has 0 aliphatic carbocycles. The van der Waals surface area contributed by atoms with E-state index in [9.17, 15) is 9.59 Å². The van der Waals surface area contributed by atoms with Gasteiger partial charge in [0, 0.05) is 30.5 Å². The summed E-state index contributed by atoms with van der Waals surface area (Å²) in [6.07, 6.45) is 4.76. The molecule has 3 rings (SSSR count). The molecule has 0 spiro atoms. The van der Waals surface area contributed by atoms with Crippen LogP contribution in [0.2, 0.25) is 5.15 Å². The summed E-state index contributed by atoms with van der Waals surface area (Å²) >= 11 is 7.32. The number of ketones is 1. The Kier molecular flexibility index (Phi) is 4.38. The molecule has 0 fully saturated rings. The number of anilines is 1. The Hall–Kier alpha value is -2.25. The minimum Gasteiger partial charge on any atom is -0.481 e. The molecule has 3 heterocycles. The Labute approximate surface area is 147 Å². The van der Waals surface area contributed by atoms with Gasteiger partial charge in [0.05, 0.1) is 0 Å². The van der Waals surface area contributed by atoms with Gasteiger partial charge in [-0.15, -0.1) is 0 Å². The molecule has 1 N–H and O–H groups in total. The van der Waals surface area contributed by atoms with Gasteiger partial charge < -0.3 is 10.1 Å². The summed E-state index contributed by atoms with van der Waals surface area (Å²) in [5.74, 6) is -0.703. The van der Waals surface area contributed by atoms with Gasteiger partial charge in [0.2, 0.25) is 0 Å². The molecule has 1 aliphatic rings. The van der Waals surface area contributed by atoms with Gasteiger partial charge >= 0.3 is 0 Å². The second-order valence-electron chi connectivity index (χ2n) is 5.85. The normalized spacial score (nSPS) is 16.3. The molecule has 2 aromatic heterocycles. The number of nitrogens with one attached hydrogen (secondary N) is 1. The molecule has 0 saturated carbocycles. The molecular formula is C16H14ClN3O3S. The van der Waals surface area contributed by atoms with Gasteiger partial charge in [-0.2, -0.15) is 0 Å². The SMILES string of the molecule is CC1(C)CC(=O)C=C(C(=O)Nc2sc(-c3cccnc3)nc2Cl)O1. The van der Waals surface area contributed by atoms with Gasteiger partial charge in [0.15, 0.2) is 16.7 Å². The summed E-state index contributed by atoms with van der Waals surface area (Å²) in [6.45, 7) is 3.51. The zero-order valence-corrected chi connectivity index (χ0v) is 14.6. The Bertz CT molecular complexity index is 830. The zero-order valence-electron chi connectivity index (χ0n) is 13.0. The number of hydrogen-bond donors (Lipinski definition) is 1. The number of hydrogen-bond acceptors (Lipinski definition) is 6. The highest BCUT2D eigenvalue weighted by Gasteiger charge is 2.32. The van der Waals surface area contributed by atoms with Gasteiger partial charge in [-0.25, -0.2) is 4.98 Å². The number of carbonyl (C=O) groups excluding carboxylic acids is 2. The fourth-order valence-corrected chi connectivity index (χ4v) is 3.39. The van der Waals surface area contributed by atoms with Gasteiger partial charge in [0.1, 0.15) is 15.6 Å². The van der Waals surface area contributed by atoms with Crippen molar-refractivity contribution in [3.63, 3.8) is 0 Å². The molecule has 2 aromatic rings. The highest BCUT2D eigenvalue weighted by atomic mass is 35.5.